The fraction of sp³-hybridized carbons (Fsp3) is 0.474. The second kappa shape index (κ2) is 18.7. The zero-order chi connectivity index (χ0) is 34.0. The Labute approximate surface area is 375 Å². The Balaban J connectivity index is 0.00000325. The van der Waals surface area contributed by atoms with Crippen LogP contribution in [0.2, 0.25) is 0 Å². The van der Waals surface area contributed by atoms with Gasteiger partial charge in [-0.05, 0) is 111 Å². The van der Waals surface area contributed by atoms with Crippen LogP contribution in [0.5, 0.6) is 0 Å². The summed E-state index contributed by atoms with van der Waals surface area (Å²) in [6, 6.07) is 0. The monoisotopic (exact) mass is 716 g/mol. The number of nitrogens with one attached hydrogen (secondary N) is 1. The van der Waals surface area contributed by atoms with E-state index < -0.39 is 11.9 Å². The van der Waals surface area contributed by atoms with Crippen LogP contribution in [-0.4, -0.2) is 41.4 Å². The second-order valence-corrected chi connectivity index (χ2v) is 12.9. The van der Waals surface area contributed by atoms with Gasteiger partial charge in [-0.3, -0.25) is 0 Å². The molecule has 0 aromatic heterocycles. The normalized spacial score (nSPS) is 22.6. The molecular formula is C38H46K2N4O5. The van der Waals surface area contributed by atoms with Crippen LogP contribution in [0.15, 0.2) is 107 Å². The van der Waals surface area contributed by atoms with Crippen molar-refractivity contribution in [2.24, 2.45) is 26.8 Å². The summed E-state index contributed by atoms with van der Waals surface area (Å²) in [5, 5.41) is 38.1. The molecule has 2 N–H and O–H groups in total. The van der Waals surface area contributed by atoms with Crippen LogP contribution in [0.25, 0.3) is 0 Å². The van der Waals surface area contributed by atoms with E-state index in [1.807, 2.05) is 13.0 Å². The van der Waals surface area contributed by atoms with Gasteiger partial charge in [-0.15, -0.1) is 0 Å². The van der Waals surface area contributed by atoms with Gasteiger partial charge in [-0.2, -0.15) is 0 Å². The Morgan fingerprint density at radius 2 is 1.53 bits per heavy atom. The van der Waals surface area contributed by atoms with Gasteiger partial charge in [0.25, 0.3) is 0 Å². The van der Waals surface area contributed by atoms with Crippen molar-refractivity contribution < 1.29 is 128 Å². The number of hydrogen-bond donors (Lipinski definition) is 2. The first-order valence-electron chi connectivity index (χ1n) is 16.9. The number of fused-ring (bicyclic) bond motifs is 5. The maximum atomic E-state index is 12.6. The molecule has 1 fully saturated rings. The van der Waals surface area contributed by atoms with E-state index in [9.17, 15) is 20.1 Å². The van der Waals surface area contributed by atoms with Crippen molar-refractivity contribution in [2.45, 2.75) is 93.4 Å². The largest absolute Gasteiger partial charge is 1.00 e. The summed E-state index contributed by atoms with van der Waals surface area (Å²) in [7, 11) is 0. The van der Waals surface area contributed by atoms with Crippen LogP contribution in [0.4, 0.5) is 0 Å². The van der Waals surface area contributed by atoms with Crippen molar-refractivity contribution in [3.63, 3.8) is 0 Å². The van der Waals surface area contributed by atoms with Crippen LogP contribution in [0.3, 0.4) is 0 Å². The molecule has 0 amide bonds. The number of nitrogens with zero attached hydrogens (tertiary/aromatic N) is 3. The molecule has 5 rings (SSSR count). The molecule has 5 heterocycles. The summed E-state index contributed by atoms with van der Waals surface area (Å²) < 4.78 is 6.02. The molecule has 0 unspecified atom stereocenters. The van der Waals surface area contributed by atoms with Gasteiger partial charge in [0.15, 0.2) is 0 Å². The number of hydrogen-bond acceptors (Lipinski definition) is 9. The van der Waals surface area contributed by atoms with Gasteiger partial charge < -0.3 is 30.2 Å². The maximum absolute atomic E-state index is 12.6. The number of carboxylic acids is 1. The number of aliphatic hydroxyl groups is 1. The van der Waals surface area contributed by atoms with Crippen molar-refractivity contribution in [2.75, 3.05) is 13.2 Å². The van der Waals surface area contributed by atoms with Crippen molar-refractivity contribution in [1.29, 1.82) is 0 Å². The first-order chi connectivity index (χ1) is 22.5. The molecule has 1 saturated heterocycles. The molecule has 49 heavy (non-hydrogen) atoms. The molecule has 5 aliphatic heterocycles. The van der Waals surface area contributed by atoms with Gasteiger partial charge in [-0.25, -0.2) is 15.0 Å². The zero-order valence-corrected chi connectivity index (χ0v) is 36.9. The molecule has 0 aromatic rings. The maximum Gasteiger partial charge on any atom is 1.00 e. The fourth-order valence-corrected chi connectivity index (χ4v) is 7.08. The van der Waals surface area contributed by atoms with Gasteiger partial charge >= 0.3 is 103 Å². The van der Waals surface area contributed by atoms with Crippen LogP contribution in [-0.2, 0) is 9.53 Å². The molecule has 9 nitrogen and oxygen atoms in total. The number of unbranched alkanes of at least 4 members (excludes halogenated alkanes) is 2. The van der Waals surface area contributed by atoms with E-state index in [0.29, 0.717) is 35.6 Å². The molecular weight excluding hydrogens is 671 g/mol. The third-order valence-electron chi connectivity index (χ3n) is 9.96. The summed E-state index contributed by atoms with van der Waals surface area (Å²) >= 11 is 0. The van der Waals surface area contributed by atoms with Crippen molar-refractivity contribution in [3.05, 3.63) is 91.7 Å². The Morgan fingerprint density at radius 3 is 2.16 bits per heavy atom. The van der Waals surface area contributed by atoms with Gasteiger partial charge in [0.05, 0.1) is 46.8 Å². The first-order valence-corrected chi connectivity index (χ1v) is 16.9. The van der Waals surface area contributed by atoms with E-state index in [4.69, 9.17) is 19.7 Å². The van der Waals surface area contributed by atoms with E-state index in [-0.39, 0.29) is 127 Å². The molecule has 5 aliphatic rings. The molecule has 0 spiro atoms. The summed E-state index contributed by atoms with van der Waals surface area (Å²) in [6.45, 7) is 15.5. The quantitative estimate of drug-likeness (QED) is 0.171. The van der Waals surface area contributed by atoms with Crippen LogP contribution >= 0.6 is 0 Å². The molecule has 2 atom stereocenters. The minimum atomic E-state index is -1.12. The smallest absolute Gasteiger partial charge is 0.629 e. The summed E-state index contributed by atoms with van der Waals surface area (Å²) in [4.78, 5) is 26.7. The second-order valence-electron chi connectivity index (χ2n) is 12.9. The molecule has 8 bridgehead atoms. The average molecular weight is 717 g/mol. The summed E-state index contributed by atoms with van der Waals surface area (Å²) in [6.07, 6.45) is 11.1. The third kappa shape index (κ3) is 9.16. The van der Waals surface area contributed by atoms with E-state index >= 15 is 0 Å². The number of aliphatic hydroxyl groups excluding tert-OH is 1. The van der Waals surface area contributed by atoms with Crippen LogP contribution < -0.4 is 118 Å². The van der Waals surface area contributed by atoms with Gasteiger partial charge in [0, 0.05) is 41.4 Å². The number of allylic oxidation sites excluding steroid dienone is 12. The number of rotatable bonds is 11. The van der Waals surface area contributed by atoms with Crippen LogP contribution in [0, 0.1) is 11.8 Å². The van der Waals surface area contributed by atoms with Crippen molar-refractivity contribution in [3.8, 4) is 0 Å². The van der Waals surface area contributed by atoms with E-state index in [1.54, 1.807) is 6.92 Å². The minimum Gasteiger partial charge on any atom is -0.629 e. The molecule has 0 aliphatic carbocycles. The van der Waals surface area contributed by atoms with E-state index in [1.165, 1.54) is 0 Å². The molecule has 0 aromatic carbocycles. The molecule has 11 heteroatoms. The topological polar surface area (TPSA) is 142 Å². The Kier molecular flexibility index (Phi) is 16.2. The van der Waals surface area contributed by atoms with Gasteiger partial charge in [0.1, 0.15) is 0 Å². The number of ether oxygens (including phenoxy) is 1. The zero-order valence-electron chi connectivity index (χ0n) is 30.7. The SMILES string of the molecule is CCCCCOCCC1=C(C)C2=NC1=CC1=NC(=CC3=C(C)/C(=C(/[O-])O)C(=N3)C(C)=C3NC(=C2)[C@@H](C)[C@@H]3CCC(=O)[O-])C(CC)=C1C.[K+].[K+]. The Hall–Kier alpha value is -0.967. The standard InChI is InChI=1S/C38H48N4O5.2K/c1-8-10-11-15-47-16-14-26-21(4)28-17-30-22(5)27(12-13-34(43)44)36(41-30)24(7)37-35(38(45)46)23(6)31(42-37)19-32-25(9-2)20(3)29(39-32)18-33(26)40-28;;/h17-19,22,27,41,45-46H,8-16H2,1-7H3,(H,43,44);;/q;2*+1/p-2/t22-,27-;;/m0../s1. The van der Waals surface area contributed by atoms with Crippen LogP contribution in [0.1, 0.15) is 93.4 Å². The predicted molar refractivity (Wildman–Crippen MR) is 182 cm³/mol. The molecule has 250 valence electrons. The number of carbonyl (C=O) groups excluding carboxylic acids is 1. The average Bonchev–Trinajstić information content (AvgIpc) is 3.71. The summed E-state index contributed by atoms with van der Waals surface area (Å²) in [5.41, 5.74) is 11.6. The molecule has 0 radical (unpaired) electrons. The van der Waals surface area contributed by atoms with Gasteiger partial charge in [-0.1, -0.05) is 33.6 Å². The third-order valence-corrected chi connectivity index (χ3v) is 9.96. The number of carbonyl (C=O) groups is 1. The van der Waals surface area contributed by atoms with Crippen molar-refractivity contribution in [1.82, 2.24) is 5.32 Å². The predicted octanol–water partition coefficient (Wildman–Crippen LogP) is -0.273. The molecule has 0 saturated carbocycles. The Bertz CT molecular complexity index is 1730. The van der Waals surface area contributed by atoms with Gasteiger partial charge in [0.2, 0.25) is 0 Å². The van der Waals surface area contributed by atoms with E-state index in [0.717, 1.165) is 95.2 Å². The number of aliphatic carboxylic acids is 1. The fourth-order valence-electron chi connectivity index (χ4n) is 7.08. The number of aliphatic imine (C=N–C) groups is 3. The minimum absolute atomic E-state index is 0. The van der Waals surface area contributed by atoms with Crippen molar-refractivity contribution >= 4 is 23.1 Å². The Morgan fingerprint density at radius 1 is 0.878 bits per heavy atom. The number of carboxylic acid groups (broad SMARTS) is 1. The van der Waals surface area contributed by atoms with E-state index in [2.05, 4.69) is 52.1 Å². The first kappa shape index (κ1) is 42.4. The summed E-state index contributed by atoms with van der Waals surface area (Å²) in [5.74, 6) is -2.45.